The zero-order chi connectivity index (χ0) is 15.5. The average Bonchev–Trinajstić information content (AvgIpc) is 2.86. The zero-order valence-electron chi connectivity index (χ0n) is 13.8. The van der Waals surface area contributed by atoms with Crippen molar-refractivity contribution in [2.24, 2.45) is 5.92 Å². The number of nitrogens with zero attached hydrogens (tertiary/aromatic N) is 2. The quantitative estimate of drug-likeness (QED) is 0.812. The number of carbonyl (C=O) groups excluding carboxylic acids is 2. The fraction of sp³-hybridized carbons (Fsp3) is 0.875. The first-order chi connectivity index (χ1) is 10.7. The van der Waals surface area contributed by atoms with Crippen molar-refractivity contribution in [2.75, 3.05) is 39.9 Å². The van der Waals surface area contributed by atoms with Crippen LogP contribution >= 0.6 is 12.4 Å². The van der Waals surface area contributed by atoms with Crippen molar-refractivity contribution in [3.8, 4) is 0 Å². The number of carbonyl (C=O) groups is 2. The lowest BCUT2D eigenvalue weighted by Gasteiger charge is -2.36. The summed E-state index contributed by atoms with van der Waals surface area (Å²) in [6, 6.07) is 1.28. The van der Waals surface area contributed by atoms with E-state index in [9.17, 15) is 9.59 Å². The first-order valence-electron chi connectivity index (χ1n) is 8.46. The lowest BCUT2D eigenvalue weighted by molar-refractivity contribution is -0.142. The predicted octanol–water partition coefficient (Wildman–Crippen LogP) is 0.646. The van der Waals surface area contributed by atoms with Crippen LogP contribution in [0, 0.1) is 5.92 Å². The summed E-state index contributed by atoms with van der Waals surface area (Å²) < 4.78 is 4.88. The van der Waals surface area contributed by atoms with E-state index in [0.29, 0.717) is 50.6 Å². The number of piperazine rings is 1. The monoisotopic (exact) mass is 345 g/mol. The third kappa shape index (κ3) is 4.58. The number of rotatable bonds is 4. The van der Waals surface area contributed by atoms with Crippen LogP contribution in [0.2, 0.25) is 0 Å². The molecule has 3 aliphatic rings. The van der Waals surface area contributed by atoms with Crippen molar-refractivity contribution in [3.05, 3.63) is 0 Å². The number of hydrogen-bond donors (Lipinski definition) is 1. The first kappa shape index (κ1) is 18.5. The number of halogens is 1. The van der Waals surface area contributed by atoms with Gasteiger partial charge in [0.05, 0.1) is 0 Å². The molecular formula is C16H28ClN3O3. The molecule has 3 fully saturated rings. The Bertz CT molecular complexity index is 415. The van der Waals surface area contributed by atoms with E-state index < -0.39 is 0 Å². The van der Waals surface area contributed by atoms with Crippen molar-refractivity contribution >= 4 is 24.2 Å². The van der Waals surface area contributed by atoms with Crippen LogP contribution in [-0.4, -0.2) is 73.6 Å². The summed E-state index contributed by atoms with van der Waals surface area (Å²) in [6.45, 7) is 2.71. The van der Waals surface area contributed by atoms with E-state index in [1.807, 2.05) is 4.90 Å². The van der Waals surface area contributed by atoms with Crippen LogP contribution in [0.15, 0.2) is 0 Å². The highest BCUT2D eigenvalue weighted by molar-refractivity contribution is 5.85. The number of piperidine rings is 1. The molecule has 23 heavy (non-hydrogen) atoms. The maximum Gasteiger partial charge on any atom is 0.248 e. The standard InChI is InChI=1S/C16H27N3O3.ClH/c1-22-11-16(21)19-6-4-18(5-7-19)15(20)10-12-8-13-2-3-14(9-12)17-13;/h12-14,17H,2-11H2,1H3;1H. The fourth-order valence-electron chi connectivity index (χ4n) is 4.14. The van der Waals surface area contributed by atoms with Crippen LogP contribution < -0.4 is 5.32 Å². The van der Waals surface area contributed by atoms with E-state index in [0.717, 1.165) is 12.8 Å². The lowest BCUT2D eigenvalue weighted by atomic mass is 9.89. The molecule has 2 atom stereocenters. The molecule has 3 aliphatic heterocycles. The normalized spacial score (nSPS) is 30.0. The Balaban J connectivity index is 0.00000192. The van der Waals surface area contributed by atoms with Crippen LogP contribution in [0.5, 0.6) is 0 Å². The average molecular weight is 346 g/mol. The number of ether oxygens (including phenoxy) is 1. The van der Waals surface area contributed by atoms with Crippen molar-refractivity contribution in [1.29, 1.82) is 0 Å². The summed E-state index contributed by atoms with van der Waals surface area (Å²) in [4.78, 5) is 28.0. The molecule has 2 bridgehead atoms. The van der Waals surface area contributed by atoms with Gasteiger partial charge in [-0.25, -0.2) is 0 Å². The molecule has 3 rings (SSSR count). The molecule has 3 heterocycles. The minimum Gasteiger partial charge on any atom is -0.375 e. The van der Waals surface area contributed by atoms with E-state index in [1.54, 1.807) is 4.90 Å². The van der Waals surface area contributed by atoms with Crippen molar-refractivity contribution < 1.29 is 14.3 Å². The lowest BCUT2D eigenvalue weighted by Crippen LogP contribution is -2.52. The molecule has 0 radical (unpaired) electrons. The van der Waals surface area contributed by atoms with Crippen LogP contribution in [0.25, 0.3) is 0 Å². The van der Waals surface area contributed by atoms with Crippen LogP contribution in [-0.2, 0) is 14.3 Å². The Kier molecular flexibility index (Phi) is 6.68. The summed E-state index contributed by atoms with van der Waals surface area (Å²) in [7, 11) is 1.53. The minimum absolute atomic E-state index is 0. The Hall–Kier alpha value is -0.850. The molecule has 0 spiro atoms. The number of amides is 2. The van der Waals surface area contributed by atoms with Gasteiger partial charge in [-0.1, -0.05) is 0 Å². The molecule has 0 saturated carbocycles. The summed E-state index contributed by atoms with van der Waals surface area (Å²) in [5.41, 5.74) is 0. The molecular weight excluding hydrogens is 318 g/mol. The Labute approximate surface area is 144 Å². The molecule has 0 aromatic heterocycles. The molecule has 2 amide bonds. The Morgan fingerprint density at radius 1 is 1.00 bits per heavy atom. The van der Waals surface area contributed by atoms with Gasteiger partial charge in [0.15, 0.2) is 0 Å². The van der Waals surface area contributed by atoms with E-state index >= 15 is 0 Å². The zero-order valence-corrected chi connectivity index (χ0v) is 14.6. The molecule has 2 unspecified atom stereocenters. The van der Waals surface area contributed by atoms with Gasteiger partial charge in [0.25, 0.3) is 0 Å². The van der Waals surface area contributed by atoms with Crippen molar-refractivity contribution in [2.45, 2.75) is 44.2 Å². The van der Waals surface area contributed by atoms with Crippen LogP contribution in [0.3, 0.4) is 0 Å². The van der Waals surface area contributed by atoms with Crippen LogP contribution in [0.4, 0.5) is 0 Å². The number of nitrogens with one attached hydrogen (secondary N) is 1. The summed E-state index contributed by atoms with van der Waals surface area (Å²) in [5, 5.41) is 3.62. The maximum absolute atomic E-state index is 12.5. The number of fused-ring (bicyclic) bond motifs is 2. The number of methoxy groups -OCH3 is 1. The molecule has 0 aliphatic carbocycles. The fourth-order valence-corrected chi connectivity index (χ4v) is 4.14. The first-order valence-corrected chi connectivity index (χ1v) is 8.46. The maximum atomic E-state index is 12.5. The molecule has 7 heteroatoms. The molecule has 132 valence electrons. The van der Waals surface area contributed by atoms with Crippen molar-refractivity contribution in [3.63, 3.8) is 0 Å². The third-order valence-electron chi connectivity index (χ3n) is 5.29. The SMILES string of the molecule is COCC(=O)N1CCN(C(=O)CC2CC3CCC(C2)N3)CC1.Cl. The van der Waals surface area contributed by atoms with Gasteiger partial charge in [-0.05, 0) is 31.6 Å². The van der Waals surface area contributed by atoms with Gasteiger partial charge in [0, 0.05) is 51.8 Å². The highest BCUT2D eigenvalue weighted by Gasteiger charge is 2.35. The molecule has 6 nitrogen and oxygen atoms in total. The Morgan fingerprint density at radius 2 is 1.52 bits per heavy atom. The molecule has 1 N–H and O–H groups in total. The van der Waals surface area contributed by atoms with Gasteiger partial charge in [0.2, 0.25) is 11.8 Å². The second kappa shape index (κ2) is 8.31. The topological polar surface area (TPSA) is 61.9 Å². The summed E-state index contributed by atoms with van der Waals surface area (Å²) in [6.07, 6.45) is 5.52. The van der Waals surface area contributed by atoms with Gasteiger partial charge in [-0.2, -0.15) is 0 Å². The number of hydrogen-bond acceptors (Lipinski definition) is 4. The van der Waals surface area contributed by atoms with Gasteiger partial charge in [-0.15, -0.1) is 12.4 Å². The highest BCUT2D eigenvalue weighted by atomic mass is 35.5. The van der Waals surface area contributed by atoms with E-state index in [-0.39, 0.29) is 30.8 Å². The predicted molar refractivity (Wildman–Crippen MR) is 89.6 cm³/mol. The molecule has 0 aromatic carbocycles. The summed E-state index contributed by atoms with van der Waals surface area (Å²) in [5.74, 6) is 0.828. The minimum atomic E-state index is 0. The largest absolute Gasteiger partial charge is 0.375 e. The van der Waals surface area contributed by atoms with Gasteiger partial charge in [0.1, 0.15) is 6.61 Å². The van der Waals surface area contributed by atoms with Gasteiger partial charge in [-0.3, -0.25) is 9.59 Å². The molecule has 0 aromatic rings. The van der Waals surface area contributed by atoms with Gasteiger partial charge >= 0.3 is 0 Å². The smallest absolute Gasteiger partial charge is 0.248 e. The van der Waals surface area contributed by atoms with E-state index in [2.05, 4.69) is 5.32 Å². The van der Waals surface area contributed by atoms with Crippen LogP contribution in [0.1, 0.15) is 32.1 Å². The molecule has 3 saturated heterocycles. The van der Waals surface area contributed by atoms with E-state index in [1.165, 1.54) is 20.0 Å². The van der Waals surface area contributed by atoms with Gasteiger partial charge < -0.3 is 19.9 Å². The second-order valence-electron chi connectivity index (χ2n) is 6.87. The second-order valence-corrected chi connectivity index (χ2v) is 6.87. The Morgan fingerprint density at radius 3 is 2.04 bits per heavy atom. The third-order valence-corrected chi connectivity index (χ3v) is 5.29. The highest BCUT2D eigenvalue weighted by Crippen LogP contribution is 2.33. The van der Waals surface area contributed by atoms with Crippen molar-refractivity contribution in [1.82, 2.24) is 15.1 Å². The summed E-state index contributed by atoms with van der Waals surface area (Å²) >= 11 is 0. The van der Waals surface area contributed by atoms with E-state index in [4.69, 9.17) is 4.74 Å².